The number of hydrogen-bond donors (Lipinski definition) is 1. The first kappa shape index (κ1) is 19.8. The Balaban J connectivity index is 1.44. The molecule has 156 valence electrons. The van der Waals surface area contributed by atoms with Crippen LogP contribution in [0.4, 0.5) is 8.78 Å². The number of aliphatic hydroxyl groups is 1. The van der Waals surface area contributed by atoms with E-state index in [1.807, 2.05) is 25.1 Å². The summed E-state index contributed by atoms with van der Waals surface area (Å²) >= 11 is 1.56. The van der Waals surface area contributed by atoms with Crippen molar-refractivity contribution in [1.29, 1.82) is 0 Å². The zero-order chi connectivity index (χ0) is 20.9. The van der Waals surface area contributed by atoms with Crippen molar-refractivity contribution in [3.05, 3.63) is 81.7 Å². The van der Waals surface area contributed by atoms with Gasteiger partial charge in [0.2, 0.25) is 0 Å². The molecule has 0 saturated carbocycles. The molecule has 3 atom stereocenters. The molecule has 3 nitrogen and oxygen atoms in total. The van der Waals surface area contributed by atoms with Crippen molar-refractivity contribution in [2.24, 2.45) is 0 Å². The van der Waals surface area contributed by atoms with Gasteiger partial charge in [0.1, 0.15) is 11.6 Å². The van der Waals surface area contributed by atoms with Crippen molar-refractivity contribution in [3.8, 4) is 10.4 Å². The normalized spacial score (nSPS) is 25.6. The second kappa shape index (κ2) is 7.54. The molecule has 2 aliphatic rings. The van der Waals surface area contributed by atoms with E-state index in [0.29, 0.717) is 24.8 Å². The van der Waals surface area contributed by atoms with Crippen molar-refractivity contribution in [2.45, 2.75) is 50.8 Å². The van der Waals surface area contributed by atoms with Gasteiger partial charge in [-0.3, -0.25) is 0 Å². The van der Waals surface area contributed by atoms with Crippen LogP contribution < -0.4 is 0 Å². The van der Waals surface area contributed by atoms with Gasteiger partial charge in [0.15, 0.2) is 5.79 Å². The number of ether oxygens (including phenoxy) is 2. The Morgan fingerprint density at radius 3 is 2.70 bits per heavy atom. The topological polar surface area (TPSA) is 38.7 Å². The zero-order valence-corrected chi connectivity index (χ0v) is 17.3. The van der Waals surface area contributed by atoms with Crippen molar-refractivity contribution in [1.82, 2.24) is 0 Å². The van der Waals surface area contributed by atoms with Crippen LogP contribution in [0.15, 0.2) is 48.5 Å². The van der Waals surface area contributed by atoms with E-state index in [0.717, 1.165) is 26.4 Å². The molecule has 5 rings (SSSR count). The molecule has 0 bridgehead atoms. The summed E-state index contributed by atoms with van der Waals surface area (Å²) < 4.78 is 40.1. The third kappa shape index (κ3) is 3.58. The Morgan fingerprint density at radius 2 is 1.93 bits per heavy atom. The van der Waals surface area contributed by atoms with Gasteiger partial charge >= 0.3 is 0 Å². The summed E-state index contributed by atoms with van der Waals surface area (Å²) in [5, 5.41) is 10.3. The lowest BCUT2D eigenvalue weighted by molar-refractivity contribution is -0.295. The Morgan fingerprint density at radius 1 is 1.13 bits per heavy atom. The molecule has 30 heavy (non-hydrogen) atoms. The van der Waals surface area contributed by atoms with Crippen LogP contribution in [0.1, 0.15) is 41.3 Å². The third-order valence-corrected chi connectivity index (χ3v) is 6.93. The number of thiophene rings is 1. The minimum Gasteiger partial charge on any atom is -0.393 e. The van der Waals surface area contributed by atoms with E-state index in [4.69, 9.17) is 9.47 Å². The predicted octanol–water partition coefficient (Wildman–Crippen LogP) is 5.53. The van der Waals surface area contributed by atoms with Crippen LogP contribution in [0.25, 0.3) is 10.4 Å². The van der Waals surface area contributed by atoms with Crippen molar-refractivity contribution < 1.29 is 23.4 Å². The van der Waals surface area contributed by atoms with E-state index >= 15 is 0 Å². The Kier molecular flexibility index (Phi) is 4.98. The Labute approximate surface area is 177 Å². The van der Waals surface area contributed by atoms with Crippen molar-refractivity contribution >= 4 is 11.3 Å². The van der Waals surface area contributed by atoms with Crippen LogP contribution in [-0.4, -0.2) is 17.3 Å². The molecule has 6 heteroatoms. The van der Waals surface area contributed by atoms with Crippen molar-refractivity contribution in [2.75, 3.05) is 0 Å². The summed E-state index contributed by atoms with van der Waals surface area (Å²) in [5.41, 5.74) is 3.10. The fourth-order valence-electron chi connectivity index (χ4n) is 4.44. The van der Waals surface area contributed by atoms with Crippen LogP contribution in [-0.2, 0) is 28.3 Å². The van der Waals surface area contributed by atoms with E-state index in [9.17, 15) is 13.9 Å². The van der Waals surface area contributed by atoms with Crippen LogP contribution in [0.2, 0.25) is 0 Å². The largest absolute Gasteiger partial charge is 0.393 e. The standard InChI is InChI=1S/C24H22F2O3S/c1-14-8-19(27)12-24(29-14)21-10-16(22(26)11-17(21)13-28-24)9-20-6-7-23(30-20)15-2-4-18(25)5-3-15/h2-7,10-11,14,19,27H,8-9,12-13H2,1H3/t14-,19+,24-/m1/s1. The maximum Gasteiger partial charge on any atom is 0.198 e. The van der Waals surface area contributed by atoms with Gasteiger partial charge in [-0.05, 0) is 66.4 Å². The number of fused-ring (bicyclic) bond motifs is 2. The molecule has 2 aromatic carbocycles. The molecular weight excluding hydrogens is 406 g/mol. The number of rotatable bonds is 3. The minimum absolute atomic E-state index is 0.135. The highest BCUT2D eigenvalue weighted by atomic mass is 32.1. The van der Waals surface area contributed by atoms with Crippen LogP contribution in [0, 0.1) is 11.6 Å². The average Bonchev–Trinajstić information content (AvgIpc) is 3.28. The molecule has 3 heterocycles. The van der Waals surface area contributed by atoms with Gasteiger partial charge in [-0.15, -0.1) is 11.3 Å². The van der Waals surface area contributed by atoms with Gasteiger partial charge in [-0.25, -0.2) is 8.78 Å². The quantitative estimate of drug-likeness (QED) is 0.596. The molecule has 1 fully saturated rings. The maximum atomic E-state index is 14.8. The van der Waals surface area contributed by atoms with Crippen LogP contribution >= 0.6 is 11.3 Å². The fourth-order valence-corrected chi connectivity index (χ4v) is 5.47. The van der Waals surface area contributed by atoms with E-state index in [1.54, 1.807) is 23.5 Å². The van der Waals surface area contributed by atoms with Gasteiger partial charge in [-0.2, -0.15) is 0 Å². The van der Waals surface area contributed by atoms with Gasteiger partial charge in [0.05, 0.1) is 18.8 Å². The van der Waals surface area contributed by atoms with Gasteiger partial charge < -0.3 is 14.6 Å². The lowest BCUT2D eigenvalue weighted by atomic mass is 9.90. The average molecular weight is 429 g/mol. The Hall–Kier alpha value is -2.12. The molecule has 0 amide bonds. The minimum atomic E-state index is -0.996. The third-order valence-electron chi connectivity index (χ3n) is 5.80. The first-order valence-electron chi connectivity index (χ1n) is 10.1. The molecule has 0 unspecified atom stereocenters. The molecule has 1 aromatic heterocycles. The molecule has 1 saturated heterocycles. The highest BCUT2D eigenvalue weighted by Crippen LogP contribution is 2.46. The summed E-state index contributed by atoms with van der Waals surface area (Å²) in [7, 11) is 0. The second-order valence-electron chi connectivity index (χ2n) is 8.11. The van der Waals surface area contributed by atoms with Crippen molar-refractivity contribution in [3.63, 3.8) is 0 Å². The first-order chi connectivity index (χ1) is 14.4. The number of hydrogen-bond acceptors (Lipinski definition) is 4. The van der Waals surface area contributed by atoms with Gasteiger partial charge in [0.25, 0.3) is 0 Å². The van der Waals surface area contributed by atoms with Crippen LogP contribution in [0.5, 0.6) is 0 Å². The predicted molar refractivity (Wildman–Crippen MR) is 111 cm³/mol. The highest BCUT2D eigenvalue weighted by Gasteiger charge is 2.47. The van der Waals surface area contributed by atoms with E-state index in [1.165, 1.54) is 18.2 Å². The molecule has 3 aromatic rings. The number of benzene rings is 2. The first-order valence-corrected chi connectivity index (χ1v) is 10.9. The summed E-state index contributed by atoms with van der Waals surface area (Å²) in [4.78, 5) is 2.03. The fraction of sp³-hybridized carbons (Fsp3) is 0.333. The molecule has 0 aliphatic carbocycles. The molecule has 2 aliphatic heterocycles. The molecule has 1 N–H and O–H groups in total. The lowest BCUT2D eigenvalue weighted by Gasteiger charge is -2.39. The van der Waals surface area contributed by atoms with E-state index in [-0.39, 0.29) is 24.3 Å². The summed E-state index contributed by atoms with van der Waals surface area (Å²) in [5.74, 6) is -1.53. The summed E-state index contributed by atoms with van der Waals surface area (Å²) in [6, 6.07) is 13.7. The SMILES string of the molecule is C[C@@H]1C[C@H](O)C[C@@]2(OCc3cc(F)c(Cc4ccc(-c5ccc(F)cc5)s4)cc32)O1. The molecule has 1 spiro atoms. The molecular formula is C24H22F2O3S. The second-order valence-corrected chi connectivity index (χ2v) is 9.28. The van der Waals surface area contributed by atoms with E-state index in [2.05, 4.69) is 0 Å². The maximum absolute atomic E-state index is 14.8. The number of aliphatic hydroxyl groups excluding tert-OH is 1. The Bertz CT molecular complexity index is 1070. The highest BCUT2D eigenvalue weighted by molar-refractivity contribution is 7.15. The lowest BCUT2D eigenvalue weighted by Crippen LogP contribution is -2.43. The van der Waals surface area contributed by atoms with Gasteiger partial charge in [0, 0.05) is 28.2 Å². The van der Waals surface area contributed by atoms with Gasteiger partial charge in [-0.1, -0.05) is 12.1 Å². The smallest absolute Gasteiger partial charge is 0.198 e. The van der Waals surface area contributed by atoms with Crippen LogP contribution in [0.3, 0.4) is 0 Å². The van der Waals surface area contributed by atoms with E-state index < -0.39 is 11.9 Å². The summed E-state index contributed by atoms with van der Waals surface area (Å²) in [6.45, 7) is 2.19. The summed E-state index contributed by atoms with van der Waals surface area (Å²) in [6.07, 6.45) is 0.713. The zero-order valence-electron chi connectivity index (χ0n) is 16.5. The molecule has 0 radical (unpaired) electrons. The number of halogens is 2. The monoisotopic (exact) mass is 428 g/mol.